The van der Waals surface area contributed by atoms with E-state index in [9.17, 15) is 4.79 Å². The van der Waals surface area contributed by atoms with E-state index in [0.717, 1.165) is 43.7 Å². The van der Waals surface area contributed by atoms with Crippen LogP contribution in [0.15, 0.2) is 0 Å². The summed E-state index contributed by atoms with van der Waals surface area (Å²) in [4.78, 5) is 13.8. The fourth-order valence-corrected chi connectivity index (χ4v) is 3.20. The monoisotopic (exact) mass is 267 g/mol. The van der Waals surface area contributed by atoms with Gasteiger partial charge in [0.25, 0.3) is 0 Å². The molecule has 3 heteroatoms. The second kappa shape index (κ2) is 5.72. The molecule has 2 atom stereocenters. The second-order valence-corrected chi connectivity index (χ2v) is 7.31. The minimum atomic E-state index is -0.379. The van der Waals surface area contributed by atoms with Gasteiger partial charge in [0, 0.05) is 13.1 Å². The molecule has 1 aliphatic heterocycles. The zero-order valence-electron chi connectivity index (χ0n) is 12.9. The average molecular weight is 267 g/mol. The standard InChI is InChI=1S/C16H29NO2/c1-5-13-11-14(13)10-12-6-8-17(9-7-12)15(18)19-16(2,3)4/h12-14H,5-11H2,1-4H3. The predicted octanol–water partition coefficient (Wildman–Crippen LogP) is 4.07. The van der Waals surface area contributed by atoms with E-state index in [0.29, 0.717) is 0 Å². The number of piperidine rings is 1. The molecule has 19 heavy (non-hydrogen) atoms. The van der Waals surface area contributed by atoms with Crippen LogP contribution in [-0.2, 0) is 4.74 Å². The molecule has 0 aromatic heterocycles. The zero-order valence-corrected chi connectivity index (χ0v) is 12.9. The number of ether oxygens (including phenoxy) is 1. The topological polar surface area (TPSA) is 29.5 Å². The van der Waals surface area contributed by atoms with Crippen LogP contribution in [0.4, 0.5) is 4.79 Å². The lowest BCUT2D eigenvalue weighted by Gasteiger charge is -2.33. The van der Waals surface area contributed by atoms with E-state index >= 15 is 0 Å². The number of rotatable bonds is 3. The second-order valence-electron chi connectivity index (χ2n) is 7.31. The van der Waals surface area contributed by atoms with Crippen LogP contribution >= 0.6 is 0 Å². The summed E-state index contributed by atoms with van der Waals surface area (Å²) in [7, 11) is 0. The predicted molar refractivity (Wildman–Crippen MR) is 77.0 cm³/mol. The highest BCUT2D eigenvalue weighted by molar-refractivity contribution is 5.68. The Morgan fingerprint density at radius 2 is 1.84 bits per heavy atom. The molecule has 0 radical (unpaired) electrons. The van der Waals surface area contributed by atoms with E-state index in [1.54, 1.807) is 0 Å². The SMILES string of the molecule is CCC1CC1CC1CCN(C(=O)OC(C)(C)C)CC1. The number of carbonyl (C=O) groups excluding carboxylic acids is 1. The van der Waals surface area contributed by atoms with Gasteiger partial charge in [0.2, 0.25) is 0 Å². The number of hydrogen-bond acceptors (Lipinski definition) is 2. The highest BCUT2D eigenvalue weighted by atomic mass is 16.6. The lowest BCUT2D eigenvalue weighted by molar-refractivity contribution is 0.0179. The Balaban J connectivity index is 1.69. The van der Waals surface area contributed by atoms with E-state index < -0.39 is 0 Å². The van der Waals surface area contributed by atoms with Gasteiger partial charge in [-0.15, -0.1) is 0 Å². The van der Waals surface area contributed by atoms with Gasteiger partial charge in [-0.25, -0.2) is 4.79 Å². The van der Waals surface area contributed by atoms with Gasteiger partial charge in [-0.05, 0) is 64.2 Å². The number of nitrogens with zero attached hydrogens (tertiary/aromatic N) is 1. The molecule has 1 amide bonds. The van der Waals surface area contributed by atoms with E-state index in [1.807, 2.05) is 25.7 Å². The molecule has 0 spiro atoms. The van der Waals surface area contributed by atoms with Crippen LogP contribution in [0.3, 0.4) is 0 Å². The van der Waals surface area contributed by atoms with Gasteiger partial charge in [-0.3, -0.25) is 0 Å². The van der Waals surface area contributed by atoms with Crippen LogP contribution in [-0.4, -0.2) is 29.7 Å². The summed E-state index contributed by atoms with van der Waals surface area (Å²) in [5, 5.41) is 0. The molecule has 0 aromatic carbocycles. The van der Waals surface area contributed by atoms with Crippen molar-refractivity contribution in [1.29, 1.82) is 0 Å². The quantitative estimate of drug-likeness (QED) is 0.771. The third-order valence-electron chi connectivity index (χ3n) is 4.50. The van der Waals surface area contributed by atoms with Crippen molar-refractivity contribution in [2.45, 2.75) is 65.4 Å². The highest BCUT2D eigenvalue weighted by Gasteiger charge is 2.37. The van der Waals surface area contributed by atoms with Gasteiger partial charge in [0.05, 0.1) is 0 Å². The van der Waals surface area contributed by atoms with Gasteiger partial charge in [0.15, 0.2) is 0 Å². The molecule has 1 heterocycles. The van der Waals surface area contributed by atoms with Crippen molar-refractivity contribution in [1.82, 2.24) is 4.90 Å². The van der Waals surface area contributed by atoms with Crippen LogP contribution < -0.4 is 0 Å². The Labute approximate surface area is 117 Å². The number of likely N-dealkylation sites (tertiary alicyclic amines) is 1. The molecule has 2 rings (SSSR count). The zero-order chi connectivity index (χ0) is 14.0. The van der Waals surface area contributed by atoms with E-state index in [1.165, 1.54) is 19.3 Å². The van der Waals surface area contributed by atoms with Crippen molar-refractivity contribution in [3.63, 3.8) is 0 Å². The Hall–Kier alpha value is -0.730. The first-order chi connectivity index (χ1) is 8.89. The maximum Gasteiger partial charge on any atom is 0.410 e. The van der Waals surface area contributed by atoms with Gasteiger partial charge < -0.3 is 9.64 Å². The van der Waals surface area contributed by atoms with Crippen molar-refractivity contribution >= 4 is 6.09 Å². The molecule has 2 aliphatic rings. The lowest BCUT2D eigenvalue weighted by Crippen LogP contribution is -2.41. The first-order valence-electron chi connectivity index (χ1n) is 7.87. The fraction of sp³-hybridized carbons (Fsp3) is 0.938. The first kappa shape index (κ1) is 14.7. The summed E-state index contributed by atoms with van der Waals surface area (Å²) >= 11 is 0. The van der Waals surface area contributed by atoms with Gasteiger partial charge in [-0.1, -0.05) is 13.3 Å². The summed E-state index contributed by atoms with van der Waals surface area (Å²) in [5.41, 5.74) is -0.379. The molecular formula is C16H29NO2. The third kappa shape index (κ3) is 4.39. The Morgan fingerprint density at radius 3 is 2.32 bits per heavy atom. The molecule has 0 bridgehead atoms. The summed E-state index contributed by atoms with van der Waals surface area (Å²) in [6, 6.07) is 0. The van der Waals surface area contributed by atoms with Crippen molar-refractivity contribution in [3.05, 3.63) is 0 Å². The number of carbonyl (C=O) groups is 1. The summed E-state index contributed by atoms with van der Waals surface area (Å²) in [5.74, 6) is 2.83. The lowest BCUT2D eigenvalue weighted by atomic mass is 9.91. The normalized spacial score (nSPS) is 28.3. The smallest absolute Gasteiger partial charge is 0.410 e. The Kier molecular flexibility index (Phi) is 4.42. The maximum atomic E-state index is 12.0. The molecule has 1 saturated heterocycles. The molecular weight excluding hydrogens is 238 g/mol. The summed E-state index contributed by atoms with van der Waals surface area (Å²) < 4.78 is 5.43. The van der Waals surface area contributed by atoms with Crippen LogP contribution in [0.25, 0.3) is 0 Å². The van der Waals surface area contributed by atoms with E-state index in [-0.39, 0.29) is 11.7 Å². The highest BCUT2D eigenvalue weighted by Crippen LogP contribution is 2.46. The van der Waals surface area contributed by atoms with Crippen molar-refractivity contribution in [2.24, 2.45) is 17.8 Å². The Morgan fingerprint density at radius 1 is 1.21 bits per heavy atom. The van der Waals surface area contributed by atoms with Crippen LogP contribution in [0.1, 0.15) is 59.8 Å². The Bertz CT molecular complexity index is 313. The summed E-state index contributed by atoms with van der Waals surface area (Å²) in [6.07, 6.45) is 6.37. The molecule has 110 valence electrons. The van der Waals surface area contributed by atoms with Crippen LogP contribution in [0, 0.1) is 17.8 Å². The fourth-order valence-electron chi connectivity index (χ4n) is 3.20. The third-order valence-corrected chi connectivity index (χ3v) is 4.50. The van der Waals surface area contributed by atoms with Crippen LogP contribution in [0.2, 0.25) is 0 Å². The number of hydrogen-bond donors (Lipinski definition) is 0. The number of amides is 1. The van der Waals surface area contributed by atoms with Crippen molar-refractivity contribution in [3.8, 4) is 0 Å². The molecule has 1 saturated carbocycles. The molecule has 3 nitrogen and oxygen atoms in total. The molecule has 1 aliphatic carbocycles. The summed E-state index contributed by atoms with van der Waals surface area (Å²) in [6.45, 7) is 9.84. The minimum Gasteiger partial charge on any atom is -0.444 e. The van der Waals surface area contributed by atoms with Gasteiger partial charge in [-0.2, -0.15) is 0 Å². The van der Waals surface area contributed by atoms with E-state index in [4.69, 9.17) is 4.74 Å². The van der Waals surface area contributed by atoms with Crippen molar-refractivity contribution < 1.29 is 9.53 Å². The first-order valence-corrected chi connectivity index (χ1v) is 7.87. The minimum absolute atomic E-state index is 0.135. The van der Waals surface area contributed by atoms with Crippen LogP contribution in [0.5, 0.6) is 0 Å². The van der Waals surface area contributed by atoms with Gasteiger partial charge >= 0.3 is 6.09 Å². The van der Waals surface area contributed by atoms with Gasteiger partial charge in [0.1, 0.15) is 5.60 Å². The average Bonchev–Trinajstić information content (AvgIpc) is 3.06. The maximum absolute atomic E-state index is 12.0. The molecule has 2 fully saturated rings. The van der Waals surface area contributed by atoms with E-state index in [2.05, 4.69) is 6.92 Å². The molecule has 0 aromatic rings. The van der Waals surface area contributed by atoms with Crippen molar-refractivity contribution in [2.75, 3.05) is 13.1 Å². The largest absolute Gasteiger partial charge is 0.444 e. The molecule has 2 unspecified atom stereocenters. The molecule has 0 N–H and O–H groups in total.